The van der Waals surface area contributed by atoms with E-state index in [4.69, 9.17) is 9.47 Å². The van der Waals surface area contributed by atoms with Crippen molar-refractivity contribution in [3.63, 3.8) is 0 Å². The predicted molar refractivity (Wildman–Crippen MR) is 94.5 cm³/mol. The van der Waals surface area contributed by atoms with Gasteiger partial charge in [-0.3, -0.25) is 4.79 Å². The first kappa shape index (κ1) is 16.1. The monoisotopic (exact) mass is 357 g/mol. The number of rotatable bonds is 4. The second kappa shape index (κ2) is 6.82. The second-order valence-corrected chi connectivity index (χ2v) is 6.90. The fourth-order valence-corrected chi connectivity index (χ4v) is 3.91. The third-order valence-corrected chi connectivity index (χ3v) is 5.20. The van der Waals surface area contributed by atoms with Crippen LogP contribution in [0.25, 0.3) is 10.1 Å². The Morgan fingerprint density at radius 2 is 2.12 bits per heavy atom. The highest BCUT2D eigenvalue weighted by atomic mass is 32.1. The Balaban J connectivity index is 1.44. The summed E-state index contributed by atoms with van der Waals surface area (Å²) in [6.07, 6.45) is 0.497. The molecule has 1 aromatic heterocycles. The fraction of sp³-hybridized carbons (Fsp3) is 0.211. The summed E-state index contributed by atoms with van der Waals surface area (Å²) in [4.78, 5) is 13.0. The molecule has 1 N–H and O–H groups in total. The quantitative estimate of drug-likeness (QED) is 0.771. The summed E-state index contributed by atoms with van der Waals surface area (Å²) < 4.78 is 25.5. The van der Waals surface area contributed by atoms with E-state index in [2.05, 4.69) is 5.32 Å². The highest BCUT2D eigenvalue weighted by Gasteiger charge is 2.17. The van der Waals surface area contributed by atoms with E-state index in [1.807, 2.05) is 30.3 Å². The topological polar surface area (TPSA) is 47.6 Å². The number of thiophene rings is 1. The molecule has 0 atom stereocenters. The SMILES string of the molecule is O=C(NCCc1cc(F)cc2c1OCOC2)c1cc2ccccc2s1. The van der Waals surface area contributed by atoms with E-state index in [1.54, 1.807) is 0 Å². The van der Waals surface area contributed by atoms with E-state index < -0.39 is 0 Å². The first-order valence-corrected chi connectivity index (χ1v) is 8.81. The maximum atomic E-state index is 13.7. The van der Waals surface area contributed by atoms with Crippen molar-refractivity contribution in [2.24, 2.45) is 0 Å². The van der Waals surface area contributed by atoms with Gasteiger partial charge in [0.15, 0.2) is 6.79 Å². The summed E-state index contributed by atoms with van der Waals surface area (Å²) in [5, 5.41) is 3.96. The molecule has 0 radical (unpaired) electrons. The fourth-order valence-electron chi connectivity index (χ4n) is 2.93. The van der Waals surface area contributed by atoms with Crippen LogP contribution >= 0.6 is 11.3 Å². The van der Waals surface area contributed by atoms with Gasteiger partial charge in [0.1, 0.15) is 11.6 Å². The van der Waals surface area contributed by atoms with E-state index in [9.17, 15) is 9.18 Å². The number of amides is 1. The summed E-state index contributed by atoms with van der Waals surface area (Å²) in [5.41, 5.74) is 1.45. The molecule has 0 fully saturated rings. The molecule has 25 heavy (non-hydrogen) atoms. The predicted octanol–water partition coefficient (Wildman–Crippen LogP) is 3.88. The van der Waals surface area contributed by atoms with Gasteiger partial charge in [-0.05, 0) is 41.6 Å². The van der Waals surface area contributed by atoms with Crippen LogP contribution in [-0.4, -0.2) is 19.2 Å². The first-order valence-electron chi connectivity index (χ1n) is 7.99. The lowest BCUT2D eigenvalue weighted by molar-refractivity contribution is -0.0172. The molecule has 4 rings (SSSR count). The van der Waals surface area contributed by atoms with Crippen LogP contribution in [-0.2, 0) is 17.8 Å². The molecule has 1 aliphatic rings. The molecule has 1 amide bonds. The number of halogens is 1. The molecule has 0 saturated carbocycles. The molecule has 0 spiro atoms. The van der Waals surface area contributed by atoms with Crippen molar-refractivity contribution in [1.29, 1.82) is 0 Å². The molecule has 0 unspecified atom stereocenters. The normalized spacial score (nSPS) is 13.3. The molecule has 0 aliphatic carbocycles. The van der Waals surface area contributed by atoms with Crippen molar-refractivity contribution < 1.29 is 18.7 Å². The summed E-state index contributed by atoms with van der Waals surface area (Å²) in [6, 6.07) is 12.7. The zero-order valence-electron chi connectivity index (χ0n) is 13.4. The van der Waals surface area contributed by atoms with Gasteiger partial charge in [-0.15, -0.1) is 11.3 Å². The summed E-state index contributed by atoms with van der Waals surface area (Å²) in [5.74, 6) is 0.234. The van der Waals surface area contributed by atoms with Gasteiger partial charge in [-0.1, -0.05) is 18.2 Å². The summed E-state index contributed by atoms with van der Waals surface area (Å²) in [7, 11) is 0. The summed E-state index contributed by atoms with van der Waals surface area (Å²) in [6.45, 7) is 0.918. The third kappa shape index (κ3) is 3.36. The van der Waals surface area contributed by atoms with E-state index in [0.717, 1.165) is 15.6 Å². The Morgan fingerprint density at radius 3 is 3.00 bits per heavy atom. The highest BCUT2D eigenvalue weighted by Crippen LogP contribution is 2.30. The highest BCUT2D eigenvalue weighted by molar-refractivity contribution is 7.20. The van der Waals surface area contributed by atoms with Crippen LogP contribution in [0.15, 0.2) is 42.5 Å². The number of hydrogen-bond donors (Lipinski definition) is 1. The minimum atomic E-state index is -0.321. The maximum Gasteiger partial charge on any atom is 0.261 e. The minimum absolute atomic E-state index is 0.115. The molecule has 3 aromatic rings. The molecule has 2 heterocycles. The van der Waals surface area contributed by atoms with Gasteiger partial charge in [-0.2, -0.15) is 0 Å². The van der Waals surface area contributed by atoms with Gasteiger partial charge in [0.2, 0.25) is 0 Å². The third-order valence-electron chi connectivity index (χ3n) is 4.08. The maximum absolute atomic E-state index is 13.7. The van der Waals surface area contributed by atoms with Gasteiger partial charge in [0.05, 0.1) is 11.5 Å². The first-order chi connectivity index (χ1) is 12.2. The Labute approximate surface area is 148 Å². The molecule has 0 saturated heterocycles. The van der Waals surface area contributed by atoms with Gasteiger partial charge in [0.25, 0.3) is 5.91 Å². The average Bonchev–Trinajstić information content (AvgIpc) is 3.05. The van der Waals surface area contributed by atoms with Gasteiger partial charge in [0, 0.05) is 16.8 Å². The molecule has 6 heteroatoms. The van der Waals surface area contributed by atoms with Gasteiger partial charge < -0.3 is 14.8 Å². The van der Waals surface area contributed by atoms with Crippen molar-refractivity contribution in [2.75, 3.05) is 13.3 Å². The minimum Gasteiger partial charge on any atom is -0.467 e. The second-order valence-electron chi connectivity index (χ2n) is 5.82. The van der Waals surface area contributed by atoms with E-state index >= 15 is 0 Å². The van der Waals surface area contributed by atoms with E-state index in [-0.39, 0.29) is 18.5 Å². The molecular weight excluding hydrogens is 341 g/mol. The van der Waals surface area contributed by atoms with Crippen LogP contribution in [0.1, 0.15) is 20.8 Å². The largest absolute Gasteiger partial charge is 0.467 e. The number of carbonyl (C=O) groups excluding carboxylic acids is 1. The zero-order valence-corrected chi connectivity index (χ0v) is 14.2. The smallest absolute Gasteiger partial charge is 0.261 e. The molecular formula is C19H16FNO3S. The Kier molecular flexibility index (Phi) is 4.38. The Hall–Kier alpha value is -2.44. The average molecular weight is 357 g/mol. The van der Waals surface area contributed by atoms with Gasteiger partial charge >= 0.3 is 0 Å². The molecule has 0 bridgehead atoms. The lowest BCUT2D eigenvalue weighted by atomic mass is 10.1. The Bertz CT molecular complexity index is 905. The van der Waals surface area contributed by atoms with Crippen LogP contribution in [0.3, 0.4) is 0 Å². The van der Waals surface area contributed by atoms with Crippen molar-refractivity contribution in [3.05, 3.63) is 64.3 Å². The molecule has 1 aliphatic heterocycles. The van der Waals surface area contributed by atoms with Crippen LogP contribution in [0, 0.1) is 5.82 Å². The van der Waals surface area contributed by atoms with Crippen LogP contribution in [0.2, 0.25) is 0 Å². The molecule has 128 valence electrons. The van der Waals surface area contributed by atoms with Crippen molar-refractivity contribution >= 4 is 27.3 Å². The lowest BCUT2D eigenvalue weighted by Crippen LogP contribution is -2.25. The number of fused-ring (bicyclic) bond motifs is 2. The van der Waals surface area contributed by atoms with Crippen LogP contribution in [0.5, 0.6) is 5.75 Å². The number of ether oxygens (including phenoxy) is 2. The summed E-state index contributed by atoms with van der Waals surface area (Å²) >= 11 is 1.46. The van der Waals surface area contributed by atoms with Gasteiger partial charge in [-0.25, -0.2) is 4.39 Å². The van der Waals surface area contributed by atoms with Crippen molar-refractivity contribution in [2.45, 2.75) is 13.0 Å². The standard InChI is InChI=1S/C19H16FNO3S/c20-15-7-13(18-14(8-15)10-23-11-24-18)5-6-21-19(22)17-9-12-3-1-2-4-16(12)25-17/h1-4,7-9H,5-6,10-11H2,(H,21,22). The van der Waals surface area contributed by atoms with Crippen LogP contribution < -0.4 is 10.1 Å². The van der Waals surface area contributed by atoms with Crippen LogP contribution in [0.4, 0.5) is 4.39 Å². The Morgan fingerprint density at radius 1 is 1.24 bits per heavy atom. The van der Waals surface area contributed by atoms with E-state index in [0.29, 0.717) is 35.8 Å². The number of benzene rings is 2. The number of carbonyl (C=O) groups is 1. The molecule has 2 aromatic carbocycles. The van der Waals surface area contributed by atoms with Crippen molar-refractivity contribution in [1.82, 2.24) is 5.32 Å². The lowest BCUT2D eigenvalue weighted by Gasteiger charge is -2.20. The number of hydrogen-bond acceptors (Lipinski definition) is 4. The van der Waals surface area contributed by atoms with Crippen molar-refractivity contribution in [3.8, 4) is 5.75 Å². The van der Waals surface area contributed by atoms with E-state index in [1.165, 1.54) is 23.5 Å². The zero-order chi connectivity index (χ0) is 17.2. The number of nitrogens with one attached hydrogen (secondary N) is 1. The molecule has 4 nitrogen and oxygen atoms in total.